The standard InChI is InChI=1S/C19H18N2O6S/c22-17-8-4-13-12-14(5-6-15(13)26-17)20-19(23)16-7-9-18(27-16)28(24,25)21-10-2-1-3-11-21/h4-9,12H,1-3,10-11H2,(H,20,23). The number of nitrogens with one attached hydrogen (secondary N) is 1. The molecule has 1 aliphatic rings. The van der Waals surface area contributed by atoms with Gasteiger partial charge < -0.3 is 14.2 Å². The first kappa shape index (κ1) is 18.5. The quantitative estimate of drug-likeness (QED) is 0.672. The molecule has 0 radical (unpaired) electrons. The van der Waals surface area contributed by atoms with Crippen LogP contribution in [0.2, 0.25) is 0 Å². The summed E-state index contributed by atoms with van der Waals surface area (Å²) in [5, 5.41) is 3.06. The van der Waals surface area contributed by atoms with Crippen molar-refractivity contribution in [3.63, 3.8) is 0 Å². The molecule has 1 N–H and O–H groups in total. The Bertz CT molecular complexity index is 1190. The number of hydrogen-bond acceptors (Lipinski definition) is 6. The van der Waals surface area contributed by atoms with Crippen molar-refractivity contribution in [2.45, 2.75) is 24.4 Å². The molecule has 1 amide bonds. The van der Waals surface area contributed by atoms with Gasteiger partial charge in [-0.3, -0.25) is 4.79 Å². The number of fused-ring (bicyclic) bond motifs is 1. The summed E-state index contributed by atoms with van der Waals surface area (Å²) < 4.78 is 37.0. The van der Waals surface area contributed by atoms with Gasteiger partial charge in [0, 0.05) is 30.2 Å². The summed E-state index contributed by atoms with van der Waals surface area (Å²) in [5.41, 5.74) is 0.406. The second-order valence-corrected chi connectivity index (χ2v) is 8.41. The molecular weight excluding hydrogens is 384 g/mol. The third kappa shape index (κ3) is 3.58. The van der Waals surface area contributed by atoms with Gasteiger partial charge in [-0.05, 0) is 49.2 Å². The van der Waals surface area contributed by atoms with Crippen LogP contribution in [0.1, 0.15) is 29.8 Å². The fourth-order valence-electron chi connectivity index (χ4n) is 3.16. The van der Waals surface area contributed by atoms with Crippen molar-refractivity contribution in [3.8, 4) is 0 Å². The molecule has 0 spiro atoms. The van der Waals surface area contributed by atoms with Crippen LogP contribution in [0.25, 0.3) is 11.0 Å². The second-order valence-electron chi connectivity index (χ2n) is 6.54. The molecule has 0 unspecified atom stereocenters. The zero-order valence-electron chi connectivity index (χ0n) is 14.9. The number of piperidine rings is 1. The minimum atomic E-state index is -3.74. The smallest absolute Gasteiger partial charge is 0.336 e. The topological polar surface area (TPSA) is 110 Å². The van der Waals surface area contributed by atoms with Gasteiger partial charge in [0.05, 0.1) is 0 Å². The molecule has 1 aromatic carbocycles. The number of amides is 1. The Kier molecular flexibility index (Phi) is 4.78. The Morgan fingerprint density at radius 1 is 0.964 bits per heavy atom. The third-order valence-corrected chi connectivity index (χ3v) is 6.36. The van der Waals surface area contributed by atoms with E-state index in [-0.39, 0.29) is 10.9 Å². The molecule has 0 atom stereocenters. The van der Waals surface area contributed by atoms with E-state index in [2.05, 4.69) is 5.32 Å². The van der Waals surface area contributed by atoms with E-state index in [0.717, 1.165) is 19.3 Å². The van der Waals surface area contributed by atoms with Crippen LogP contribution in [-0.4, -0.2) is 31.7 Å². The van der Waals surface area contributed by atoms with Crippen LogP contribution in [0.3, 0.4) is 0 Å². The van der Waals surface area contributed by atoms with E-state index in [1.165, 1.54) is 22.5 Å². The largest absolute Gasteiger partial charge is 0.438 e. The third-order valence-electron chi connectivity index (χ3n) is 4.59. The number of carbonyl (C=O) groups excluding carboxylic acids is 1. The number of sulfonamides is 1. The van der Waals surface area contributed by atoms with Crippen LogP contribution >= 0.6 is 0 Å². The van der Waals surface area contributed by atoms with E-state index in [1.807, 2.05) is 0 Å². The number of carbonyl (C=O) groups is 1. The van der Waals surface area contributed by atoms with Crippen LogP contribution in [0, 0.1) is 0 Å². The van der Waals surface area contributed by atoms with Crippen LogP contribution < -0.4 is 10.9 Å². The molecule has 0 bridgehead atoms. The molecule has 28 heavy (non-hydrogen) atoms. The van der Waals surface area contributed by atoms with Gasteiger partial charge >= 0.3 is 5.63 Å². The summed E-state index contributed by atoms with van der Waals surface area (Å²) in [6, 6.07) is 10.3. The molecule has 0 aliphatic carbocycles. The van der Waals surface area contributed by atoms with Gasteiger partial charge in [0.15, 0.2) is 5.76 Å². The monoisotopic (exact) mass is 402 g/mol. The van der Waals surface area contributed by atoms with Gasteiger partial charge in [-0.2, -0.15) is 4.31 Å². The molecule has 4 rings (SSSR count). The first-order valence-corrected chi connectivity index (χ1v) is 10.3. The number of benzene rings is 1. The van der Waals surface area contributed by atoms with E-state index >= 15 is 0 Å². The summed E-state index contributed by atoms with van der Waals surface area (Å²) in [4.78, 5) is 23.7. The molecule has 3 aromatic rings. The Hall–Kier alpha value is -2.91. The number of furan rings is 1. The molecule has 146 valence electrons. The highest BCUT2D eigenvalue weighted by molar-refractivity contribution is 7.89. The van der Waals surface area contributed by atoms with Gasteiger partial charge in [-0.1, -0.05) is 6.42 Å². The Morgan fingerprint density at radius 3 is 2.54 bits per heavy atom. The Balaban J connectivity index is 1.53. The van der Waals surface area contributed by atoms with Crippen molar-refractivity contribution < 1.29 is 22.0 Å². The Morgan fingerprint density at radius 2 is 1.75 bits per heavy atom. The minimum Gasteiger partial charge on any atom is -0.438 e. The summed E-state index contributed by atoms with van der Waals surface area (Å²) in [6.45, 7) is 0.912. The van der Waals surface area contributed by atoms with Gasteiger partial charge in [0.25, 0.3) is 15.9 Å². The first-order valence-electron chi connectivity index (χ1n) is 8.89. The van der Waals surface area contributed by atoms with E-state index in [0.29, 0.717) is 29.7 Å². The van der Waals surface area contributed by atoms with Gasteiger partial charge in [-0.15, -0.1) is 0 Å². The summed E-state index contributed by atoms with van der Waals surface area (Å²) in [6.07, 6.45) is 2.64. The lowest BCUT2D eigenvalue weighted by Crippen LogP contribution is -2.35. The average molecular weight is 402 g/mol. The fraction of sp³-hybridized carbons (Fsp3) is 0.263. The minimum absolute atomic E-state index is 0.102. The van der Waals surface area contributed by atoms with Crippen molar-refractivity contribution in [1.82, 2.24) is 4.31 Å². The van der Waals surface area contributed by atoms with E-state index in [1.54, 1.807) is 24.3 Å². The zero-order chi connectivity index (χ0) is 19.7. The highest BCUT2D eigenvalue weighted by atomic mass is 32.2. The first-order chi connectivity index (χ1) is 13.4. The van der Waals surface area contributed by atoms with Crippen molar-refractivity contribution in [3.05, 3.63) is 58.6 Å². The van der Waals surface area contributed by atoms with Gasteiger partial charge in [0.2, 0.25) is 5.09 Å². The molecule has 1 aliphatic heterocycles. The lowest BCUT2D eigenvalue weighted by Gasteiger charge is -2.24. The predicted molar refractivity (Wildman–Crippen MR) is 102 cm³/mol. The normalized spacial score (nSPS) is 15.6. The summed E-state index contributed by atoms with van der Waals surface area (Å²) in [5.74, 6) is -0.674. The fourth-order valence-corrected chi connectivity index (χ4v) is 4.58. The van der Waals surface area contributed by atoms with Crippen molar-refractivity contribution in [2.75, 3.05) is 18.4 Å². The maximum absolute atomic E-state index is 12.6. The average Bonchev–Trinajstić information content (AvgIpc) is 3.20. The van der Waals surface area contributed by atoms with E-state index in [9.17, 15) is 18.0 Å². The van der Waals surface area contributed by atoms with Gasteiger partial charge in [-0.25, -0.2) is 13.2 Å². The lowest BCUT2D eigenvalue weighted by molar-refractivity contribution is 0.0991. The predicted octanol–water partition coefficient (Wildman–Crippen LogP) is 2.81. The summed E-state index contributed by atoms with van der Waals surface area (Å²) in [7, 11) is -3.74. The number of anilines is 1. The van der Waals surface area contributed by atoms with Crippen LogP contribution in [0.15, 0.2) is 61.2 Å². The highest BCUT2D eigenvalue weighted by Gasteiger charge is 2.29. The van der Waals surface area contributed by atoms with E-state index in [4.69, 9.17) is 8.83 Å². The van der Waals surface area contributed by atoms with E-state index < -0.39 is 21.6 Å². The Labute approximate surface area is 160 Å². The SMILES string of the molecule is O=C(Nc1ccc2oc(=O)ccc2c1)c1ccc(S(=O)(=O)N2CCCCC2)o1. The van der Waals surface area contributed by atoms with Crippen molar-refractivity contribution in [2.24, 2.45) is 0 Å². The molecule has 0 saturated carbocycles. The molecule has 1 fully saturated rings. The lowest BCUT2D eigenvalue weighted by atomic mass is 10.2. The molecule has 8 nitrogen and oxygen atoms in total. The highest BCUT2D eigenvalue weighted by Crippen LogP contribution is 2.23. The van der Waals surface area contributed by atoms with Crippen LogP contribution in [0.5, 0.6) is 0 Å². The molecule has 3 heterocycles. The van der Waals surface area contributed by atoms with Crippen molar-refractivity contribution >= 4 is 32.6 Å². The van der Waals surface area contributed by atoms with Crippen LogP contribution in [0.4, 0.5) is 5.69 Å². The molecule has 2 aromatic heterocycles. The number of nitrogens with zero attached hydrogens (tertiary/aromatic N) is 1. The number of hydrogen-bond donors (Lipinski definition) is 1. The number of rotatable bonds is 4. The second kappa shape index (κ2) is 7.25. The molecule has 9 heteroatoms. The maximum atomic E-state index is 12.6. The maximum Gasteiger partial charge on any atom is 0.336 e. The molecule has 1 saturated heterocycles. The molecular formula is C19H18N2O6S. The van der Waals surface area contributed by atoms with Gasteiger partial charge in [0.1, 0.15) is 5.58 Å². The zero-order valence-corrected chi connectivity index (χ0v) is 15.7. The van der Waals surface area contributed by atoms with Crippen molar-refractivity contribution in [1.29, 1.82) is 0 Å². The summed E-state index contributed by atoms with van der Waals surface area (Å²) >= 11 is 0. The van der Waals surface area contributed by atoms with Crippen LogP contribution in [-0.2, 0) is 10.0 Å².